The van der Waals surface area contributed by atoms with Gasteiger partial charge in [-0.05, 0) is 24.3 Å². The summed E-state index contributed by atoms with van der Waals surface area (Å²) in [7, 11) is -2.11. The van der Waals surface area contributed by atoms with E-state index in [0.717, 1.165) is 26.6 Å². The number of hydrogen-bond donors (Lipinski definition) is 0. The summed E-state index contributed by atoms with van der Waals surface area (Å²) in [4.78, 5) is 12.6. The molecule has 0 unspecified atom stereocenters. The first-order valence-electron chi connectivity index (χ1n) is 5.38. The smallest absolute Gasteiger partial charge is 0.242 e. The Morgan fingerprint density at radius 1 is 1.21 bits per heavy atom. The van der Waals surface area contributed by atoms with Gasteiger partial charge in [-0.25, -0.2) is 13.2 Å². The molecule has 1 aromatic heterocycles. The fraction of sp³-hybridized carbons (Fsp3) is 0.182. The Balaban J connectivity index is 2.37. The fourth-order valence-electron chi connectivity index (χ4n) is 1.42. The van der Waals surface area contributed by atoms with E-state index in [4.69, 9.17) is 0 Å². The Hall–Kier alpha value is -2.22. The van der Waals surface area contributed by atoms with E-state index < -0.39 is 15.5 Å². The van der Waals surface area contributed by atoms with E-state index in [9.17, 15) is 13.2 Å². The van der Waals surface area contributed by atoms with Gasteiger partial charge in [0.05, 0.1) is 10.3 Å². The molecule has 0 aliphatic rings. The minimum atomic E-state index is -3.60. The maximum absolute atomic E-state index is 12.0. The highest BCUT2D eigenvalue weighted by molar-refractivity contribution is 7.94. The second kappa shape index (κ2) is 4.81. The largest absolute Gasteiger partial charge is 0.387 e. The topological polar surface area (TPSA) is 86.8 Å². The molecule has 0 amide bonds. The van der Waals surface area contributed by atoms with Crippen molar-refractivity contribution in [1.82, 2.24) is 19.8 Å². The molecule has 2 aromatic rings. The van der Waals surface area contributed by atoms with E-state index in [-0.39, 0.29) is 4.90 Å². The molecule has 0 aliphatic heterocycles. The lowest BCUT2D eigenvalue weighted by Gasteiger charge is -2.00. The van der Waals surface area contributed by atoms with Crippen molar-refractivity contribution in [2.75, 3.05) is 0 Å². The average Bonchev–Trinajstić information content (AvgIpc) is 2.67. The van der Waals surface area contributed by atoms with E-state index in [2.05, 4.69) is 10.3 Å². The average molecular weight is 280 g/mol. The molecule has 0 saturated carbocycles. The zero-order valence-electron chi connectivity index (χ0n) is 10.4. The third-order valence-electron chi connectivity index (χ3n) is 2.50. The Bertz CT molecular complexity index is 769. The van der Waals surface area contributed by atoms with Crippen LogP contribution in [-0.4, -0.2) is 28.2 Å². The molecule has 0 spiro atoms. The van der Waals surface area contributed by atoms with E-state index in [1.807, 2.05) is 6.92 Å². The van der Waals surface area contributed by atoms with Crippen LogP contribution in [0.3, 0.4) is 0 Å². The van der Waals surface area contributed by atoms with E-state index in [1.165, 1.54) is 19.2 Å². The number of sulfone groups is 1. The van der Waals surface area contributed by atoms with Gasteiger partial charge >= 0.3 is 5.69 Å². The monoisotopic (exact) mass is 280 g/mol. The number of nitrogens with zero attached hydrogens (tertiary/aromatic N) is 4. The minimum absolute atomic E-state index is 0.164. The van der Waals surface area contributed by atoms with Gasteiger partial charge < -0.3 is 0 Å². The van der Waals surface area contributed by atoms with Crippen molar-refractivity contribution in [1.29, 1.82) is 0 Å². The number of tetrazole rings is 1. The summed E-state index contributed by atoms with van der Waals surface area (Å²) in [6.45, 7) is 1.87. The number of aromatic nitrogens is 4. The summed E-state index contributed by atoms with van der Waals surface area (Å²) in [5.41, 5.74) is 0.327. The van der Waals surface area contributed by atoms with Crippen LogP contribution < -0.4 is 5.69 Å². The van der Waals surface area contributed by atoms with E-state index in [0.29, 0.717) is 0 Å². The number of aryl methyl sites for hydroxylation is 2. The molecule has 2 rings (SSSR count). The Morgan fingerprint density at radius 2 is 1.84 bits per heavy atom. The van der Waals surface area contributed by atoms with Gasteiger partial charge in [-0.1, -0.05) is 22.8 Å². The molecule has 1 heterocycles. The van der Waals surface area contributed by atoms with Gasteiger partial charge in [-0.3, -0.25) is 0 Å². The van der Waals surface area contributed by atoms with Crippen molar-refractivity contribution in [3.63, 3.8) is 0 Å². The Morgan fingerprint density at radius 3 is 2.37 bits per heavy atom. The molecule has 0 aliphatic carbocycles. The zero-order chi connectivity index (χ0) is 14.0. The van der Waals surface area contributed by atoms with E-state index >= 15 is 0 Å². The number of hydrogen-bond acceptors (Lipinski definition) is 5. The Labute approximate surface area is 109 Å². The summed E-state index contributed by atoms with van der Waals surface area (Å²) in [5, 5.41) is 7.69. The second-order valence-corrected chi connectivity index (χ2v) is 5.78. The van der Waals surface area contributed by atoms with Crippen LogP contribution in [0.4, 0.5) is 0 Å². The van der Waals surface area contributed by atoms with Gasteiger partial charge in [0.25, 0.3) is 0 Å². The summed E-state index contributed by atoms with van der Waals surface area (Å²) in [6, 6.07) is 6.44. The Kier molecular flexibility index (Phi) is 3.34. The third-order valence-corrected chi connectivity index (χ3v) is 3.91. The van der Waals surface area contributed by atoms with Crippen LogP contribution in [0.1, 0.15) is 5.56 Å². The molecule has 1 aromatic carbocycles. The van der Waals surface area contributed by atoms with Gasteiger partial charge in [0.2, 0.25) is 9.84 Å². The molecule has 0 fully saturated rings. The van der Waals surface area contributed by atoms with Crippen LogP contribution in [0.25, 0.3) is 6.20 Å². The lowest BCUT2D eigenvalue weighted by Crippen LogP contribution is -2.17. The molecule has 0 radical (unpaired) electrons. The maximum atomic E-state index is 12.0. The third kappa shape index (κ3) is 2.79. The van der Waals surface area contributed by atoms with Crippen LogP contribution in [-0.2, 0) is 16.9 Å². The highest BCUT2D eigenvalue weighted by atomic mass is 32.2. The SMILES string of the molecule is Cc1ccc(S(=O)(=O)/C=C/n2c(=O)nnn2C)cc1. The fourth-order valence-corrected chi connectivity index (χ4v) is 2.37. The van der Waals surface area contributed by atoms with Crippen LogP contribution in [0.2, 0.25) is 0 Å². The maximum Gasteiger partial charge on any atom is 0.387 e. The van der Waals surface area contributed by atoms with Gasteiger partial charge in [0, 0.05) is 13.2 Å². The molecule has 0 saturated heterocycles. The normalized spacial score (nSPS) is 12.1. The minimum Gasteiger partial charge on any atom is -0.242 e. The van der Waals surface area contributed by atoms with Crippen molar-refractivity contribution < 1.29 is 8.42 Å². The summed E-state index contributed by atoms with van der Waals surface area (Å²) >= 11 is 0. The lowest BCUT2D eigenvalue weighted by atomic mass is 10.2. The molecule has 0 N–H and O–H groups in total. The van der Waals surface area contributed by atoms with Gasteiger partial charge in [-0.2, -0.15) is 9.48 Å². The van der Waals surface area contributed by atoms with Crippen LogP contribution >= 0.6 is 0 Å². The van der Waals surface area contributed by atoms with Crippen molar-refractivity contribution >= 4 is 16.0 Å². The van der Waals surface area contributed by atoms with Crippen molar-refractivity contribution in [2.45, 2.75) is 11.8 Å². The van der Waals surface area contributed by atoms with E-state index in [1.54, 1.807) is 12.1 Å². The highest BCUT2D eigenvalue weighted by Gasteiger charge is 2.10. The molecule has 7 nitrogen and oxygen atoms in total. The predicted octanol–water partition coefficient (Wildman–Crippen LogP) is 0.187. The van der Waals surface area contributed by atoms with Gasteiger partial charge in [0.1, 0.15) is 0 Å². The standard InChI is InChI=1S/C11H12N4O3S/c1-9-3-5-10(6-4-9)19(17,18)8-7-15-11(16)12-13-14(15)2/h3-8H,1-2H3/b8-7+. The molecule has 19 heavy (non-hydrogen) atoms. The zero-order valence-corrected chi connectivity index (χ0v) is 11.2. The number of rotatable bonds is 3. The van der Waals surface area contributed by atoms with Crippen molar-refractivity contribution in [3.8, 4) is 0 Å². The number of benzene rings is 1. The first-order chi connectivity index (χ1) is 8.90. The molecular formula is C11H12N4O3S. The summed E-state index contributed by atoms with van der Waals surface area (Å²) in [6.07, 6.45) is 1.12. The lowest BCUT2D eigenvalue weighted by molar-refractivity contribution is 0.576. The summed E-state index contributed by atoms with van der Waals surface area (Å²) in [5.74, 6) is 0. The van der Waals surface area contributed by atoms with Gasteiger partial charge in [0.15, 0.2) is 0 Å². The summed E-state index contributed by atoms with van der Waals surface area (Å²) < 4.78 is 25.0. The van der Waals surface area contributed by atoms with Crippen LogP contribution in [0.5, 0.6) is 0 Å². The first kappa shape index (κ1) is 13.2. The second-order valence-electron chi connectivity index (χ2n) is 3.95. The molecular weight excluding hydrogens is 268 g/mol. The molecule has 8 heteroatoms. The van der Waals surface area contributed by atoms with Crippen molar-refractivity contribution in [2.24, 2.45) is 7.05 Å². The first-order valence-corrected chi connectivity index (χ1v) is 6.93. The quantitative estimate of drug-likeness (QED) is 0.801. The van der Waals surface area contributed by atoms with Crippen LogP contribution in [0, 0.1) is 6.92 Å². The highest BCUT2D eigenvalue weighted by Crippen LogP contribution is 2.13. The molecule has 100 valence electrons. The van der Waals surface area contributed by atoms with Crippen LogP contribution in [0.15, 0.2) is 39.4 Å². The van der Waals surface area contributed by atoms with Gasteiger partial charge in [-0.15, -0.1) is 0 Å². The predicted molar refractivity (Wildman–Crippen MR) is 69.0 cm³/mol. The molecule has 0 atom stereocenters. The molecule has 0 bridgehead atoms. The van der Waals surface area contributed by atoms with Crippen molar-refractivity contribution in [3.05, 3.63) is 45.7 Å².